The van der Waals surface area contributed by atoms with Gasteiger partial charge in [-0.15, -0.1) is 0 Å². The number of amides is 1. The number of nitrogens with zero attached hydrogens (tertiary/aromatic N) is 2. The highest BCUT2D eigenvalue weighted by molar-refractivity contribution is 6.05. The van der Waals surface area contributed by atoms with Crippen molar-refractivity contribution in [1.82, 2.24) is 9.97 Å². The van der Waals surface area contributed by atoms with E-state index in [-0.39, 0.29) is 5.91 Å². The number of nitrogens with one attached hydrogen (secondary N) is 1. The van der Waals surface area contributed by atoms with Crippen LogP contribution in [0.3, 0.4) is 0 Å². The second-order valence-electron chi connectivity index (χ2n) is 6.87. The van der Waals surface area contributed by atoms with Crippen LogP contribution < -0.4 is 10.1 Å². The van der Waals surface area contributed by atoms with Crippen LogP contribution in [0, 0.1) is 6.92 Å². The molecule has 2 aromatic carbocycles. The van der Waals surface area contributed by atoms with Crippen molar-refractivity contribution in [1.29, 1.82) is 0 Å². The minimum absolute atomic E-state index is 0.187. The maximum absolute atomic E-state index is 12.7. The second-order valence-corrected chi connectivity index (χ2v) is 6.87. The molecule has 0 spiro atoms. The van der Waals surface area contributed by atoms with Gasteiger partial charge >= 0.3 is 0 Å². The zero-order valence-corrected chi connectivity index (χ0v) is 16.8. The van der Waals surface area contributed by atoms with Crippen molar-refractivity contribution < 1.29 is 9.53 Å². The Balaban J connectivity index is 1.57. The Bertz CT molecular complexity index is 1160. The summed E-state index contributed by atoms with van der Waals surface area (Å²) in [6.45, 7) is 2.04. The second kappa shape index (κ2) is 8.57. The number of rotatable bonds is 5. The van der Waals surface area contributed by atoms with Gasteiger partial charge in [-0.25, -0.2) is 4.98 Å². The van der Waals surface area contributed by atoms with Gasteiger partial charge in [-0.2, -0.15) is 0 Å². The Morgan fingerprint density at radius 1 is 0.900 bits per heavy atom. The molecule has 30 heavy (non-hydrogen) atoms. The number of aryl methyl sites for hydroxylation is 1. The van der Waals surface area contributed by atoms with Crippen LogP contribution in [0.5, 0.6) is 5.88 Å². The number of carbonyl (C=O) groups is 1. The number of benzene rings is 2. The van der Waals surface area contributed by atoms with E-state index in [0.717, 1.165) is 27.9 Å². The van der Waals surface area contributed by atoms with Crippen molar-refractivity contribution in [3.63, 3.8) is 0 Å². The summed E-state index contributed by atoms with van der Waals surface area (Å²) >= 11 is 0. The molecule has 4 aromatic rings. The van der Waals surface area contributed by atoms with Crippen LogP contribution in [0.15, 0.2) is 85.2 Å². The number of ether oxygens (including phenoxy) is 1. The molecular formula is C25H21N3O2. The Morgan fingerprint density at radius 2 is 1.70 bits per heavy atom. The van der Waals surface area contributed by atoms with Gasteiger partial charge in [0.25, 0.3) is 5.91 Å². The quantitative estimate of drug-likeness (QED) is 0.493. The van der Waals surface area contributed by atoms with Crippen LogP contribution >= 0.6 is 0 Å². The molecule has 0 saturated carbocycles. The normalized spacial score (nSPS) is 10.5. The van der Waals surface area contributed by atoms with E-state index in [4.69, 9.17) is 4.74 Å². The standard InChI is InChI=1S/C25H21N3O2/c1-17-6-7-20(25(29)28-21-12-13-24(30-2)27-16-21)15-22(17)18-8-10-19(11-9-18)23-5-3-4-14-26-23/h3-16H,1-2H3,(H,28,29). The molecule has 2 heterocycles. The van der Waals surface area contributed by atoms with Crippen LogP contribution in [-0.2, 0) is 0 Å². The van der Waals surface area contributed by atoms with Crippen LogP contribution in [0.4, 0.5) is 5.69 Å². The van der Waals surface area contributed by atoms with Crippen molar-refractivity contribution in [3.8, 4) is 28.3 Å². The fourth-order valence-electron chi connectivity index (χ4n) is 3.21. The number of aromatic nitrogens is 2. The zero-order valence-electron chi connectivity index (χ0n) is 16.8. The Morgan fingerprint density at radius 3 is 2.37 bits per heavy atom. The molecule has 148 valence electrons. The van der Waals surface area contributed by atoms with Crippen molar-refractivity contribution in [2.45, 2.75) is 6.92 Å². The van der Waals surface area contributed by atoms with E-state index in [1.807, 2.05) is 55.5 Å². The zero-order chi connectivity index (χ0) is 20.9. The molecule has 0 aliphatic carbocycles. The number of pyridine rings is 2. The van der Waals surface area contributed by atoms with Crippen molar-refractivity contribution in [2.75, 3.05) is 12.4 Å². The van der Waals surface area contributed by atoms with Crippen LogP contribution in [0.1, 0.15) is 15.9 Å². The average molecular weight is 395 g/mol. The molecule has 0 atom stereocenters. The molecule has 4 rings (SSSR count). The molecular weight excluding hydrogens is 374 g/mol. The third-order valence-corrected chi connectivity index (χ3v) is 4.86. The van der Waals surface area contributed by atoms with Gasteiger partial charge in [-0.05, 0) is 53.9 Å². The summed E-state index contributed by atoms with van der Waals surface area (Å²) < 4.78 is 5.05. The lowest BCUT2D eigenvalue weighted by atomic mass is 9.96. The van der Waals surface area contributed by atoms with E-state index < -0.39 is 0 Å². The van der Waals surface area contributed by atoms with Crippen molar-refractivity contribution in [3.05, 3.63) is 96.3 Å². The van der Waals surface area contributed by atoms with E-state index in [0.29, 0.717) is 17.1 Å². The number of methoxy groups -OCH3 is 1. The summed E-state index contributed by atoms with van der Waals surface area (Å²) in [6, 6.07) is 23.2. The lowest BCUT2D eigenvalue weighted by molar-refractivity contribution is 0.102. The largest absolute Gasteiger partial charge is 0.481 e. The number of hydrogen-bond acceptors (Lipinski definition) is 4. The van der Waals surface area contributed by atoms with E-state index >= 15 is 0 Å². The van der Waals surface area contributed by atoms with Gasteiger partial charge in [0, 0.05) is 23.4 Å². The van der Waals surface area contributed by atoms with Gasteiger partial charge in [-0.3, -0.25) is 9.78 Å². The highest BCUT2D eigenvalue weighted by atomic mass is 16.5. The maximum atomic E-state index is 12.7. The first kappa shape index (κ1) is 19.3. The molecule has 2 aromatic heterocycles. The van der Waals surface area contributed by atoms with Gasteiger partial charge in [0.1, 0.15) is 0 Å². The third-order valence-electron chi connectivity index (χ3n) is 4.86. The topological polar surface area (TPSA) is 64.1 Å². The van der Waals surface area contributed by atoms with Crippen molar-refractivity contribution >= 4 is 11.6 Å². The minimum atomic E-state index is -0.187. The molecule has 0 bridgehead atoms. The highest BCUT2D eigenvalue weighted by Gasteiger charge is 2.11. The molecule has 0 aliphatic rings. The third kappa shape index (κ3) is 4.20. The van der Waals surface area contributed by atoms with Crippen LogP contribution in [0.2, 0.25) is 0 Å². The lowest BCUT2D eigenvalue weighted by Gasteiger charge is -2.11. The molecule has 0 unspecified atom stereocenters. The van der Waals surface area contributed by atoms with Crippen LogP contribution in [-0.4, -0.2) is 23.0 Å². The molecule has 0 aliphatic heterocycles. The minimum Gasteiger partial charge on any atom is -0.481 e. The van der Waals surface area contributed by atoms with E-state index in [2.05, 4.69) is 27.4 Å². The summed E-state index contributed by atoms with van der Waals surface area (Å²) in [5, 5.41) is 2.87. The molecule has 1 N–H and O–H groups in total. The van der Waals surface area contributed by atoms with Gasteiger partial charge in [0.15, 0.2) is 0 Å². The first-order valence-electron chi connectivity index (χ1n) is 9.58. The van der Waals surface area contributed by atoms with Crippen molar-refractivity contribution in [2.24, 2.45) is 0 Å². The summed E-state index contributed by atoms with van der Waals surface area (Å²) in [7, 11) is 1.55. The Labute approximate surface area is 175 Å². The summed E-state index contributed by atoms with van der Waals surface area (Å²) in [4.78, 5) is 21.2. The molecule has 0 radical (unpaired) electrons. The monoisotopic (exact) mass is 395 g/mol. The fourth-order valence-corrected chi connectivity index (χ4v) is 3.21. The van der Waals surface area contributed by atoms with E-state index in [1.165, 1.54) is 0 Å². The Hall–Kier alpha value is -3.99. The van der Waals surface area contributed by atoms with Gasteiger partial charge in [0.05, 0.1) is 24.7 Å². The van der Waals surface area contributed by atoms with Gasteiger partial charge in [-0.1, -0.05) is 36.4 Å². The van der Waals surface area contributed by atoms with E-state index in [1.54, 1.807) is 31.6 Å². The Kier molecular flexibility index (Phi) is 5.52. The first-order valence-corrected chi connectivity index (χ1v) is 9.58. The summed E-state index contributed by atoms with van der Waals surface area (Å²) in [6.07, 6.45) is 3.36. The van der Waals surface area contributed by atoms with E-state index in [9.17, 15) is 4.79 Å². The highest BCUT2D eigenvalue weighted by Crippen LogP contribution is 2.27. The lowest BCUT2D eigenvalue weighted by Crippen LogP contribution is -2.12. The SMILES string of the molecule is COc1ccc(NC(=O)c2ccc(C)c(-c3ccc(-c4ccccn4)cc3)c2)cn1. The predicted octanol–water partition coefficient (Wildman–Crippen LogP) is 5.38. The van der Waals surface area contributed by atoms with Gasteiger partial charge in [0.2, 0.25) is 5.88 Å². The van der Waals surface area contributed by atoms with Crippen LogP contribution in [0.25, 0.3) is 22.4 Å². The predicted molar refractivity (Wildman–Crippen MR) is 119 cm³/mol. The smallest absolute Gasteiger partial charge is 0.255 e. The average Bonchev–Trinajstić information content (AvgIpc) is 2.80. The molecule has 0 fully saturated rings. The number of hydrogen-bond donors (Lipinski definition) is 1. The maximum Gasteiger partial charge on any atom is 0.255 e. The number of anilines is 1. The fraction of sp³-hybridized carbons (Fsp3) is 0.0800. The summed E-state index contributed by atoms with van der Waals surface area (Å²) in [5.74, 6) is 0.313. The first-order chi connectivity index (χ1) is 14.6. The molecule has 5 heteroatoms. The summed E-state index contributed by atoms with van der Waals surface area (Å²) in [5.41, 5.74) is 6.35. The molecule has 5 nitrogen and oxygen atoms in total. The van der Waals surface area contributed by atoms with Gasteiger partial charge < -0.3 is 10.1 Å². The molecule has 1 amide bonds. The molecule has 0 saturated heterocycles. The number of carbonyl (C=O) groups excluding carboxylic acids is 1.